The minimum atomic E-state index is -0.524. The number of para-hydroxylation sites is 2. The van der Waals surface area contributed by atoms with Crippen LogP contribution in [0.4, 0.5) is 16.2 Å². The first-order valence-electron chi connectivity index (χ1n) is 7.46. The Morgan fingerprint density at radius 3 is 2.40 bits per heavy atom. The van der Waals surface area contributed by atoms with E-state index < -0.39 is 6.09 Å². The number of halogens is 2. The smallest absolute Gasteiger partial charge is 0.410 e. The molecule has 0 fully saturated rings. The molecule has 1 aliphatic heterocycles. The van der Waals surface area contributed by atoms with E-state index in [2.05, 4.69) is 0 Å². The van der Waals surface area contributed by atoms with E-state index in [9.17, 15) is 4.79 Å². The monoisotopic (exact) mass is 387 g/mol. The Balaban J connectivity index is 1.78. The number of anilines is 2. The van der Waals surface area contributed by atoms with Crippen molar-refractivity contribution in [2.45, 2.75) is 9.79 Å². The summed E-state index contributed by atoms with van der Waals surface area (Å²) in [6.45, 7) is 0. The van der Waals surface area contributed by atoms with E-state index in [1.165, 1.54) is 4.90 Å². The number of carbonyl (C=O) groups excluding carboxylic acids is 1. The van der Waals surface area contributed by atoms with Crippen LogP contribution < -0.4 is 9.64 Å². The van der Waals surface area contributed by atoms with Crippen LogP contribution in [0.1, 0.15) is 0 Å². The highest BCUT2D eigenvalue weighted by molar-refractivity contribution is 7.99. The minimum Gasteiger partial charge on any atom is -0.410 e. The Labute approximate surface area is 159 Å². The maximum absolute atomic E-state index is 12.9. The van der Waals surface area contributed by atoms with Gasteiger partial charge in [0.2, 0.25) is 0 Å². The molecule has 0 radical (unpaired) electrons. The van der Waals surface area contributed by atoms with Crippen molar-refractivity contribution in [1.29, 1.82) is 0 Å². The van der Waals surface area contributed by atoms with E-state index in [1.54, 1.807) is 42.1 Å². The molecule has 0 aromatic heterocycles. The van der Waals surface area contributed by atoms with Gasteiger partial charge in [-0.15, -0.1) is 0 Å². The third-order valence-corrected chi connectivity index (χ3v) is 5.37. The van der Waals surface area contributed by atoms with Gasteiger partial charge in [0.15, 0.2) is 0 Å². The molecular weight excluding hydrogens is 377 g/mol. The summed E-state index contributed by atoms with van der Waals surface area (Å²) in [6.07, 6.45) is -0.524. The fourth-order valence-corrected chi connectivity index (χ4v) is 4.13. The fourth-order valence-electron chi connectivity index (χ4n) is 2.60. The van der Waals surface area contributed by atoms with E-state index in [0.29, 0.717) is 21.5 Å². The highest BCUT2D eigenvalue weighted by Crippen LogP contribution is 2.50. The zero-order chi connectivity index (χ0) is 17.4. The van der Waals surface area contributed by atoms with E-state index in [1.807, 2.05) is 36.4 Å². The average Bonchev–Trinajstić information content (AvgIpc) is 2.62. The predicted molar refractivity (Wildman–Crippen MR) is 102 cm³/mol. The van der Waals surface area contributed by atoms with Gasteiger partial charge >= 0.3 is 6.09 Å². The van der Waals surface area contributed by atoms with Crippen LogP contribution in [0.15, 0.2) is 76.5 Å². The van der Waals surface area contributed by atoms with Gasteiger partial charge in [-0.2, -0.15) is 0 Å². The molecule has 0 aliphatic carbocycles. The van der Waals surface area contributed by atoms with E-state index in [0.717, 1.165) is 15.5 Å². The van der Waals surface area contributed by atoms with Crippen molar-refractivity contribution in [3.63, 3.8) is 0 Å². The summed E-state index contributed by atoms with van der Waals surface area (Å²) in [5.41, 5.74) is 1.37. The van der Waals surface area contributed by atoms with Crippen LogP contribution in [0.25, 0.3) is 0 Å². The van der Waals surface area contributed by atoms with Crippen LogP contribution in [0, 0.1) is 0 Å². The van der Waals surface area contributed by atoms with Gasteiger partial charge in [0.25, 0.3) is 0 Å². The van der Waals surface area contributed by atoms with Crippen LogP contribution in [0.2, 0.25) is 10.0 Å². The van der Waals surface area contributed by atoms with Gasteiger partial charge < -0.3 is 4.74 Å². The molecule has 0 N–H and O–H groups in total. The number of rotatable bonds is 1. The second kappa shape index (κ2) is 6.64. The molecule has 3 aromatic rings. The number of carbonyl (C=O) groups is 1. The molecule has 6 heteroatoms. The molecule has 25 heavy (non-hydrogen) atoms. The zero-order valence-corrected chi connectivity index (χ0v) is 15.1. The number of hydrogen-bond donors (Lipinski definition) is 0. The molecule has 124 valence electrons. The van der Waals surface area contributed by atoms with E-state index in [4.69, 9.17) is 27.9 Å². The minimum absolute atomic E-state index is 0.415. The van der Waals surface area contributed by atoms with Gasteiger partial charge in [-0.1, -0.05) is 53.2 Å². The van der Waals surface area contributed by atoms with E-state index in [-0.39, 0.29) is 0 Å². The van der Waals surface area contributed by atoms with Crippen LogP contribution >= 0.6 is 35.0 Å². The van der Waals surface area contributed by atoms with Crippen LogP contribution in [-0.4, -0.2) is 6.09 Å². The maximum Gasteiger partial charge on any atom is 0.424 e. The molecule has 0 atom stereocenters. The molecule has 1 heterocycles. The van der Waals surface area contributed by atoms with E-state index >= 15 is 0 Å². The number of ether oxygens (including phenoxy) is 1. The molecule has 0 bridgehead atoms. The Bertz CT molecular complexity index is 960. The summed E-state index contributed by atoms with van der Waals surface area (Å²) >= 11 is 13.8. The first-order valence-corrected chi connectivity index (χ1v) is 9.03. The molecule has 0 saturated carbocycles. The maximum atomic E-state index is 12.9. The van der Waals surface area contributed by atoms with Crippen LogP contribution in [0.5, 0.6) is 5.75 Å². The molecule has 3 nitrogen and oxygen atoms in total. The van der Waals surface area contributed by atoms with Gasteiger partial charge in [-0.3, -0.25) is 0 Å². The number of hydrogen-bond acceptors (Lipinski definition) is 3. The van der Waals surface area contributed by atoms with Crippen molar-refractivity contribution in [3.8, 4) is 5.75 Å². The second-order valence-corrected chi connectivity index (χ2v) is 7.24. The number of fused-ring (bicyclic) bond motifs is 2. The van der Waals surface area contributed by atoms with Crippen LogP contribution in [-0.2, 0) is 0 Å². The SMILES string of the molecule is O=C(Oc1ccc(Cl)cc1)N1c2ccccc2Sc2cccc(Cl)c21. The highest BCUT2D eigenvalue weighted by Gasteiger charge is 2.31. The van der Waals surface area contributed by atoms with Crippen molar-refractivity contribution in [2.24, 2.45) is 0 Å². The summed E-state index contributed by atoms with van der Waals surface area (Å²) in [5.74, 6) is 0.415. The summed E-state index contributed by atoms with van der Waals surface area (Å²) in [4.78, 5) is 16.3. The van der Waals surface area contributed by atoms with Gasteiger partial charge in [-0.05, 0) is 48.5 Å². The largest absolute Gasteiger partial charge is 0.424 e. The Hall–Kier alpha value is -2.14. The van der Waals surface area contributed by atoms with Gasteiger partial charge in [0.1, 0.15) is 5.75 Å². The van der Waals surface area contributed by atoms with Crippen molar-refractivity contribution in [2.75, 3.05) is 4.90 Å². The molecule has 4 rings (SSSR count). The Morgan fingerprint density at radius 1 is 0.880 bits per heavy atom. The summed E-state index contributed by atoms with van der Waals surface area (Å²) in [5, 5.41) is 1.07. The number of nitrogens with zero attached hydrogens (tertiary/aromatic N) is 1. The first-order chi connectivity index (χ1) is 12.1. The lowest BCUT2D eigenvalue weighted by Crippen LogP contribution is -2.31. The van der Waals surface area contributed by atoms with Crippen LogP contribution in [0.3, 0.4) is 0 Å². The Kier molecular flexibility index (Phi) is 4.34. The van der Waals surface area contributed by atoms with Gasteiger partial charge in [0, 0.05) is 14.8 Å². The lowest BCUT2D eigenvalue weighted by molar-refractivity contribution is 0.210. The molecule has 3 aromatic carbocycles. The van der Waals surface area contributed by atoms with Crippen molar-refractivity contribution in [3.05, 3.63) is 76.8 Å². The standard InChI is InChI=1S/C19H11Cl2NO2S/c20-12-8-10-13(11-9-12)24-19(23)22-15-5-1-2-6-16(15)25-17-7-3-4-14(21)18(17)22/h1-11H. The molecule has 1 amide bonds. The first kappa shape index (κ1) is 16.3. The lowest BCUT2D eigenvalue weighted by Gasteiger charge is -2.30. The van der Waals surface area contributed by atoms with Gasteiger partial charge in [0.05, 0.1) is 16.4 Å². The summed E-state index contributed by atoms with van der Waals surface area (Å²) < 4.78 is 5.54. The second-order valence-electron chi connectivity index (χ2n) is 5.31. The Morgan fingerprint density at radius 2 is 1.60 bits per heavy atom. The molecule has 0 saturated heterocycles. The predicted octanol–water partition coefficient (Wildman–Crippen LogP) is 6.80. The van der Waals surface area contributed by atoms with Gasteiger partial charge in [-0.25, -0.2) is 9.69 Å². The quantitative estimate of drug-likeness (QED) is 0.459. The molecule has 0 spiro atoms. The summed E-state index contributed by atoms with van der Waals surface area (Å²) in [6, 6.07) is 19.9. The van der Waals surface area contributed by atoms with Crippen molar-refractivity contribution < 1.29 is 9.53 Å². The molecule has 1 aliphatic rings. The third-order valence-electron chi connectivity index (χ3n) is 3.70. The lowest BCUT2D eigenvalue weighted by atomic mass is 10.2. The zero-order valence-electron chi connectivity index (χ0n) is 12.8. The summed E-state index contributed by atoms with van der Waals surface area (Å²) in [7, 11) is 0. The normalized spacial score (nSPS) is 12.3. The average molecular weight is 388 g/mol. The van der Waals surface area contributed by atoms with Crippen molar-refractivity contribution in [1.82, 2.24) is 0 Å². The molecular formula is C19H11Cl2NO2S. The highest BCUT2D eigenvalue weighted by atomic mass is 35.5. The molecule has 0 unspecified atom stereocenters. The fraction of sp³-hybridized carbons (Fsp3) is 0. The van der Waals surface area contributed by atoms with Crippen molar-refractivity contribution >= 4 is 52.4 Å². The number of amides is 1. The topological polar surface area (TPSA) is 29.5 Å². The number of benzene rings is 3. The third kappa shape index (κ3) is 3.09.